The molecule has 1 aromatic heterocycles. The molecule has 51 heavy (non-hydrogen) atoms. The highest BCUT2D eigenvalue weighted by Gasteiger charge is 2.14. The van der Waals surface area contributed by atoms with Crippen molar-refractivity contribution in [2.24, 2.45) is 5.92 Å². The fourth-order valence-corrected chi connectivity index (χ4v) is 7.49. The van der Waals surface area contributed by atoms with Crippen molar-refractivity contribution in [3.8, 4) is 39.1 Å². The van der Waals surface area contributed by atoms with E-state index in [2.05, 4.69) is 199 Å². The molecule has 0 saturated heterocycles. The first kappa shape index (κ1) is 30.7. The lowest BCUT2D eigenvalue weighted by molar-refractivity contribution is 0.740. The zero-order chi connectivity index (χ0) is 34.1. The van der Waals surface area contributed by atoms with Crippen LogP contribution in [0.4, 0.5) is 11.4 Å². The van der Waals surface area contributed by atoms with Crippen LogP contribution in [0.15, 0.2) is 188 Å². The standard InChI is InChI=1S/C49H38N2/c1-34-11-10-12-39(31-34)35-23-25-38(26-24-35)45-32-40(27-29-47(45)50-42-13-4-2-5-14-42)36-19-21-37(22-20-36)41-28-30-49-46(33-41)44-17-8-9-18-48(44)51(49)43-15-6-3-7-16-43/h2-10,12-34,50H,11H2,1H3. The van der Waals surface area contributed by atoms with Crippen molar-refractivity contribution in [3.63, 3.8) is 0 Å². The Morgan fingerprint density at radius 1 is 0.510 bits per heavy atom. The van der Waals surface area contributed by atoms with Crippen molar-refractivity contribution < 1.29 is 0 Å². The minimum Gasteiger partial charge on any atom is -0.355 e. The van der Waals surface area contributed by atoms with Gasteiger partial charge in [-0.15, -0.1) is 0 Å². The van der Waals surface area contributed by atoms with E-state index < -0.39 is 0 Å². The minimum absolute atomic E-state index is 0.568. The maximum atomic E-state index is 3.68. The van der Waals surface area contributed by atoms with Gasteiger partial charge in [-0.2, -0.15) is 0 Å². The molecule has 1 aliphatic rings. The predicted molar refractivity (Wildman–Crippen MR) is 218 cm³/mol. The van der Waals surface area contributed by atoms with Gasteiger partial charge in [-0.05, 0) is 106 Å². The number of rotatable bonds is 7. The zero-order valence-corrected chi connectivity index (χ0v) is 28.6. The van der Waals surface area contributed by atoms with Gasteiger partial charge in [-0.1, -0.05) is 140 Å². The number of aromatic nitrogens is 1. The first-order valence-electron chi connectivity index (χ1n) is 17.8. The van der Waals surface area contributed by atoms with E-state index in [9.17, 15) is 0 Å². The number of benzene rings is 7. The van der Waals surface area contributed by atoms with Gasteiger partial charge in [-0.3, -0.25) is 0 Å². The maximum absolute atomic E-state index is 3.68. The summed E-state index contributed by atoms with van der Waals surface area (Å²) < 4.78 is 2.36. The Kier molecular flexibility index (Phi) is 7.91. The molecule has 0 bridgehead atoms. The smallest absolute Gasteiger partial charge is 0.0541 e. The van der Waals surface area contributed by atoms with Gasteiger partial charge < -0.3 is 9.88 Å². The lowest BCUT2D eigenvalue weighted by Crippen LogP contribution is -1.96. The summed E-state index contributed by atoms with van der Waals surface area (Å²) in [5, 5.41) is 6.21. The predicted octanol–water partition coefficient (Wildman–Crippen LogP) is 13.5. The number of fused-ring (bicyclic) bond motifs is 3. The van der Waals surface area contributed by atoms with E-state index in [0.29, 0.717) is 5.92 Å². The van der Waals surface area contributed by atoms with Crippen molar-refractivity contribution in [2.45, 2.75) is 13.3 Å². The molecule has 0 fully saturated rings. The second-order valence-electron chi connectivity index (χ2n) is 13.6. The minimum atomic E-state index is 0.568. The third-order valence-electron chi connectivity index (χ3n) is 10.1. The fraction of sp³-hybridized carbons (Fsp3) is 0.0612. The van der Waals surface area contributed by atoms with Crippen molar-refractivity contribution in [3.05, 3.63) is 194 Å². The van der Waals surface area contributed by atoms with Crippen molar-refractivity contribution in [1.82, 2.24) is 4.57 Å². The largest absolute Gasteiger partial charge is 0.355 e. The molecule has 0 spiro atoms. The van der Waals surface area contributed by atoms with Gasteiger partial charge in [0, 0.05) is 33.4 Å². The van der Waals surface area contributed by atoms with Gasteiger partial charge in [-0.25, -0.2) is 0 Å². The summed E-state index contributed by atoms with van der Waals surface area (Å²) in [5.41, 5.74) is 15.5. The van der Waals surface area contributed by atoms with E-state index in [1.165, 1.54) is 72.0 Å². The average Bonchev–Trinajstić information content (AvgIpc) is 3.53. The van der Waals surface area contributed by atoms with E-state index in [4.69, 9.17) is 0 Å². The van der Waals surface area contributed by atoms with Crippen LogP contribution in [0.3, 0.4) is 0 Å². The molecule has 2 heteroatoms. The number of para-hydroxylation sites is 3. The molecule has 1 aliphatic carbocycles. The van der Waals surface area contributed by atoms with Crippen LogP contribution in [0, 0.1) is 5.92 Å². The highest BCUT2D eigenvalue weighted by atomic mass is 15.0. The Hall–Kier alpha value is -6.38. The fourth-order valence-electron chi connectivity index (χ4n) is 7.49. The lowest BCUT2D eigenvalue weighted by Gasteiger charge is -2.16. The van der Waals surface area contributed by atoms with E-state index in [1.807, 2.05) is 6.07 Å². The van der Waals surface area contributed by atoms with E-state index >= 15 is 0 Å². The molecule has 1 N–H and O–H groups in total. The Labute approximate surface area is 299 Å². The maximum Gasteiger partial charge on any atom is 0.0541 e. The molecule has 1 heterocycles. The second-order valence-corrected chi connectivity index (χ2v) is 13.6. The number of hydrogen-bond acceptors (Lipinski definition) is 1. The van der Waals surface area contributed by atoms with Crippen LogP contribution < -0.4 is 5.32 Å². The average molecular weight is 655 g/mol. The summed E-state index contributed by atoms with van der Waals surface area (Å²) in [6, 6.07) is 61.4. The monoisotopic (exact) mass is 654 g/mol. The normalized spacial score (nSPS) is 14.1. The Bertz CT molecular complexity index is 2550. The van der Waals surface area contributed by atoms with Gasteiger partial charge in [0.15, 0.2) is 0 Å². The van der Waals surface area contributed by atoms with E-state index in [-0.39, 0.29) is 0 Å². The number of allylic oxidation sites excluding steroid dienone is 4. The zero-order valence-electron chi connectivity index (χ0n) is 28.6. The molecule has 7 aromatic carbocycles. The number of nitrogens with one attached hydrogen (secondary N) is 1. The lowest BCUT2D eigenvalue weighted by atomic mass is 9.91. The van der Waals surface area contributed by atoms with Crippen LogP contribution in [-0.4, -0.2) is 4.57 Å². The first-order chi connectivity index (χ1) is 25.2. The molecule has 9 rings (SSSR count). The van der Waals surface area contributed by atoms with E-state index in [1.54, 1.807) is 0 Å². The van der Waals surface area contributed by atoms with Gasteiger partial charge in [0.2, 0.25) is 0 Å². The quantitative estimate of drug-likeness (QED) is 0.181. The Morgan fingerprint density at radius 3 is 1.84 bits per heavy atom. The summed E-state index contributed by atoms with van der Waals surface area (Å²) in [7, 11) is 0. The molecule has 0 amide bonds. The first-order valence-corrected chi connectivity index (χ1v) is 17.8. The number of anilines is 2. The van der Waals surface area contributed by atoms with Crippen molar-refractivity contribution in [1.29, 1.82) is 0 Å². The van der Waals surface area contributed by atoms with Crippen LogP contribution in [0.5, 0.6) is 0 Å². The van der Waals surface area contributed by atoms with Gasteiger partial charge >= 0.3 is 0 Å². The SMILES string of the molecule is CC1C=C(c2ccc(-c3cc(-c4ccc(-c5ccc6c(c5)c5ccccc5n6-c5ccccc5)cc4)ccc3Nc3ccccc3)cc2)C=CC1. The molecule has 244 valence electrons. The third kappa shape index (κ3) is 5.96. The summed E-state index contributed by atoms with van der Waals surface area (Å²) in [6.07, 6.45) is 8.03. The molecule has 0 radical (unpaired) electrons. The van der Waals surface area contributed by atoms with E-state index in [0.717, 1.165) is 17.8 Å². The molecule has 1 unspecified atom stereocenters. The number of nitrogens with zero attached hydrogens (tertiary/aromatic N) is 1. The van der Waals surface area contributed by atoms with Gasteiger partial charge in [0.25, 0.3) is 0 Å². The van der Waals surface area contributed by atoms with Crippen LogP contribution >= 0.6 is 0 Å². The van der Waals surface area contributed by atoms with Gasteiger partial charge in [0.05, 0.1) is 11.0 Å². The molecule has 1 atom stereocenters. The van der Waals surface area contributed by atoms with Crippen LogP contribution in [0.1, 0.15) is 18.9 Å². The molecular weight excluding hydrogens is 617 g/mol. The second kappa shape index (κ2) is 13.2. The molecule has 0 aliphatic heterocycles. The molecule has 0 saturated carbocycles. The van der Waals surface area contributed by atoms with Gasteiger partial charge in [0.1, 0.15) is 0 Å². The Balaban J connectivity index is 1.07. The van der Waals surface area contributed by atoms with Crippen LogP contribution in [0.25, 0.3) is 66.4 Å². The molecule has 8 aromatic rings. The molecule has 2 nitrogen and oxygen atoms in total. The highest BCUT2D eigenvalue weighted by Crippen LogP contribution is 2.38. The summed E-state index contributed by atoms with van der Waals surface area (Å²) in [5.74, 6) is 0.568. The summed E-state index contributed by atoms with van der Waals surface area (Å²) in [4.78, 5) is 0. The van der Waals surface area contributed by atoms with Crippen LogP contribution in [0.2, 0.25) is 0 Å². The van der Waals surface area contributed by atoms with Crippen molar-refractivity contribution in [2.75, 3.05) is 5.32 Å². The highest BCUT2D eigenvalue weighted by molar-refractivity contribution is 6.10. The Morgan fingerprint density at radius 2 is 1.10 bits per heavy atom. The van der Waals surface area contributed by atoms with Crippen LogP contribution in [-0.2, 0) is 0 Å². The topological polar surface area (TPSA) is 17.0 Å². The summed E-state index contributed by atoms with van der Waals surface area (Å²) in [6.45, 7) is 2.28. The van der Waals surface area contributed by atoms with Crippen molar-refractivity contribution >= 4 is 38.8 Å². The molecular formula is C49H38N2. The number of hydrogen-bond donors (Lipinski definition) is 1. The third-order valence-corrected chi connectivity index (χ3v) is 10.1. The summed E-state index contributed by atoms with van der Waals surface area (Å²) >= 11 is 0.